The van der Waals surface area contributed by atoms with Crippen LogP contribution in [-0.2, 0) is 0 Å². The molecule has 0 heterocycles. The monoisotopic (exact) mass is 282 g/mol. The molecule has 0 saturated carbocycles. The summed E-state index contributed by atoms with van der Waals surface area (Å²) in [5.74, 6) is 0. The van der Waals surface area contributed by atoms with Crippen molar-refractivity contribution in [3.63, 3.8) is 0 Å². The van der Waals surface area contributed by atoms with Gasteiger partial charge in [-0.25, -0.2) is 0 Å². The second-order valence-electron chi connectivity index (χ2n) is 4.45. The Kier molecular flexibility index (Phi) is 6.76. The Morgan fingerprint density at radius 1 is 0.737 bits per heavy atom. The average molecular weight is 282 g/mol. The van der Waals surface area contributed by atoms with Crippen LogP contribution < -0.4 is 0 Å². The molecule has 0 radical (unpaired) electrons. The fourth-order valence-corrected chi connectivity index (χ4v) is 1.58. The molecule has 0 atom stereocenters. The van der Waals surface area contributed by atoms with E-state index in [-0.39, 0.29) is 19.3 Å². The molecule has 0 aliphatic heterocycles. The zero-order chi connectivity index (χ0) is 15.1. The Bertz CT molecular complexity index is 283. The van der Waals surface area contributed by atoms with Crippen molar-refractivity contribution in [2.75, 3.05) is 26.4 Å². The molecule has 0 aliphatic carbocycles. The highest BCUT2D eigenvalue weighted by atomic mass is 16.6. The van der Waals surface area contributed by atoms with Gasteiger partial charge in [-0.05, 0) is 6.42 Å². The molecule has 0 aliphatic rings. The predicted octanol–water partition coefficient (Wildman–Crippen LogP) is -1.84. The fraction of sp³-hybridized carbons (Fsp3) is 1.00. The summed E-state index contributed by atoms with van der Waals surface area (Å²) in [5, 5.41) is 57.4. The Morgan fingerprint density at radius 2 is 1.00 bits per heavy atom. The van der Waals surface area contributed by atoms with Crippen molar-refractivity contribution >= 4 is 0 Å². The first kappa shape index (κ1) is 17.6. The number of hydrogen-bond donors (Lipinski definition) is 4. The standard InChI is InChI=1S/C9H18N2O8/c12-4-8(5-13,10(16)17)2-1-3-9(6-14,7-15)11(18)19/h12-15H,1-7H2. The maximum Gasteiger partial charge on any atom is 0.267 e. The van der Waals surface area contributed by atoms with E-state index < -0.39 is 47.4 Å². The normalized spacial score (nSPS) is 12.4. The summed E-state index contributed by atoms with van der Waals surface area (Å²) >= 11 is 0. The number of rotatable bonds is 10. The van der Waals surface area contributed by atoms with E-state index >= 15 is 0 Å². The highest BCUT2D eigenvalue weighted by Crippen LogP contribution is 2.23. The van der Waals surface area contributed by atoms with E-state index in [4.69, 9.17) is 20.4 Å². The van der Waals surface area contributed by atoms with Crippen molar-refractivity contribution in [3.8, 4) is 0 Å². The summed E-state index contributed by atoms with van der Waals surface area (Å²) in [6.07, 6.45) is -0.713. The summed E-state index contributed by atoms with van der Waals surface area (Å²) in [6, 6.07) is 0. The molecular weight excluding hydrogens is 264 g/mol. The van der Waals surface area contributed by atoms with Crippen LogP contribution >= 0.6 is 0 Å². The van der Waals surface area contributed by atoms with Gasteiger partial charge in [0, 0.05) is 22.7 Å². The van der Waals surface area contributed by atoms with Crippen molar-refractivity contribution in [2.45, 2.75) is 30.3 Å². The van der Waals surface area contributed by atoms with Gasteiger partial charge in [-0.15, -0.1) is 0 Å². The lowest BCUT2D eigenvalue weighted by Gasteiger charge is -2.24. The lowest BCUT2D eigenvalue weighted by atomic mass is 9.89. The molecule has 0 fully saturated rings. The number of nitro groups is 2. The zero-order valence-corrected chi connectivity index (χ0v) is 10.3. The first-order valence-corrected chi connectivity index (χ1v) is 5.56. The van der Waals surface area contributed by atoms with Crippen LogP contribution in [0.1, 0.15) is 19.3 Å². The van der Waals surface area contributed by atoms with Gasteiger partial charge in [-0.1, -0.05) is 0 Å². The first-order chi connectivity index (χ1) is 8.84. The van der Waals surface area contributed by atoms with Gasteiger partial charge in [0.25, 0.3) is 11.1 Å². The molecule has 0 saturated heterocycles. The van der Waals surface area contributed by atoms with Crippen LogP contribution in [-0.4, -0.2) is 67.8 Å². The van der Waals surface area contributed by atoms with Gasteiger partial charge >= 0.3 is 0 Å². The van der Waals surface area contributed by atoms with Gasteiger partial charge < -0.3 is 20.4 Å². The number of aliphatic hydroxyl groups is 4. The molecule has 10 nitrogen and oxygen atoms in total. The van der Waals surface area contributed by atoms with Crippen molar-refractivity contribution < 1.29 is 30.3 Å². The van der Waals surface area contributed by atoms with Crippen LogP contribution in [0.25, 0.3) is 0 Å². The number of hydrogen-bond acceptors (Lipinski definition) is 8. The van der Waals surface area contributed by atoms with E-state index in [9.17, 15) is 20.2 Å². The SMILES string of the molecule is O=[N+]([O-])C(CO)(CO)CCCC(CO)(CO)[N+](=O)[O-]. The summed E-state index contributed by atoms with van der Waals surface area (Å²) in [4.78, 5) is 19.9. The van der Waals surface area contributed by atoms with Crippen LogP contribution in [0, 0.1) is 20.2 Å². The van der Waals surface area contributed by atoms with E-state index in [1.165, 1.54) is 0 Å². The van der Waals surface area contributed by atoms with Gasteiger partial charge in [0.2, 0.25) is 0 Å². The van der Waals surface area contributed by atoms with Crippen LogP contribution in [0.3, 0.4) is 0 Å². The molecular formula is C9H18N2O8. The van der Waals surface area contributed by atoms with Crippen molar-refractivity contribution in [1.82, 2.24) is 0 Å². The summed E-state index contributed by atoms with van der Waals surface area (Å²) in [6.45, 7) is -3.61. The Balaban J connectivity index is 4.72. The maximum absolute atomic E-state index is 10.8. The van der Waals surface area contributed by atoms with Gasteiger partial charge in [0.1, 0.15) is 26.4 Å². The molecule has 0 aromatic heterocycles. The highest BCUT2D eigenvalue weighted by molar-refractivity contribution is 4.82. The van der Waals surface area contributed by atoms with Crippen molar-refractivity contribution in [3.05, 3.63) is 20.2 Å². The highest BCUT2D eigenvalue weighted by Gasteiger charge is 2.45. The average Bonchev–Trinajstić information content (AvgIpc) is 2.39. The molecule has 0 bridgehead atoms. The van der Waals surface area contributed by atoms with E-state index in [2.05, 4.69) is 0 Å². The van der Waals surface area contributed by atoms with Gasteiger partial charge in [0.05, 0.1) is 0 Å². The minimum atomic E-state index is -1.97. The lowest BCUT2D eigenvalue weighted by molar-refractivity contribution is -0.584. The third-order valence-corrected chi connectivity index (χ3v) is 3.24. The molecule has 0 unspecified atom stereocenters. The quantitative estimate of drug-likeness (QED) is 0.267. The summed E-state index contributed by atoms with van der Waals surface area (Å²) < 4.78 is 0. The van der Waals surface area contributed by atoms with Gasteiger partial charge in [-0.2, -0.15) is 0 Å². The molecule has 0 rings (SSSR count). The van der Waals surface area contributed by atoms with Crippen molar-refractivity contribution in [2.24, 2.45) is 0 Å². The largest absolute Gasteiger partial charge is 0.389 e. The lowest BCUT2D eigenvalue weighted by Crippen LogP contribution is -2.48. The smallest absolute Gasteiger partial charge is 0.267 e. The first-order valence-electron chi connectivity index (χ1n) is 5.56. The third-order valence-electron chi connectivity index (χ3n) is 3.24. The van der Waals surface area contributed by atoms with Crippen LogP contribution in [0.5, 0.6) is 0 Å². The Morgan fingerprint density at radius 3 is 1.16 bits per heavy atom. The predicted molar refractivity (Wildman–Crippen MR) is 61.6 cm³/mol. The van der Waals surface area contributed by atoms with E-state index in [1.807, 2.05) is 0 Å². The van der Waals surface area contributed by atoms with Crippen LogP contribution in [0.4, 0.5) is 0 Å². The third kappa shape index (κ3) is 3.80. The minimum absolute atomic E-state index is 0.107. The van der Waals surface area contributed by atoms with E-state index in [1.54, 1.807) is 0 Å². The van der Waals surface area contributed by atoms with E-state index in [0.717, 1.165) is 0 Å². The molecule has 0 amide bonds. The zero-order valence-electron chi connectivity index (χ0n) is 10.3. The molecule has 0 aromatic carbocycles. The second-order valence-corrected chi connectivity index (χ2v) is 4.45. The molecule has 19 heavy (non-hydrogen) atoms. The molecule has 10 heteroatoms. The van der Waals surface area contributed by atoms with Gasteiger partial charge in [0.15, 0.2) is 0 Å². The number of nitrogens with zero attached hydrogens (tertiary/aromatic N) is 2. The molecule has 0 aromatic rings. The van der Waals surface area contributed by atoms with Crippen LogP contribution in [0.15, 0.2) is 0 Å². The number of aliphatic hydroxyl groups excluding tert-OH is 4. The second kappa shape index (κ2) is 7.28. The Hall–Kier alpha value is -1.36. The molecule has 0 spiro atoms. The molecule has 112 valence electrons. The minimum Gasteiger partial charge on any atom is -0.389 e. The topological polar surface area (TPSA) is 167 Å². The van der Waals surface area contributed by atoms with Crippen LogP contribution in [0.2, 0.25) is 0 Å². The van der Waals surface area contributed by atoms with Crippen molar-refractivity contribution in [1.29, 1.82) is 0 Å². The molecule has 4 N–H and O–H groups in total. The summed E-state index contributed by atoms with van der Waals surface area (Å²) in [5.41, 5.74) is -3.93. The van der Waals surface area contributed by atoms with E-state index in [0.29, 0.717) is 0 Å². The maximum atomic E-state index is 10.8. The summed E-state index contributed by atoms with van der Waals surface area (Å²) in [7, 11) is 0. The van der Waals surface area contributed by atoms with Gasteiger partial charge in [-0.3, -0.25) is 20.2 Å². The Labute approximate surface area is 108 Å². The fourth-order valence-electron chi connectivity index (χ4n) is 1.58.